The first-order valence-corrected chi connectivity index (χ1v) is 7.73. The zero-order valence-electron chi connectivity index (χ0n) is 14.0. The molecule has 0 aromatic carbocycles. The number of rotatable bonds is 6. The summed E-state index contributed by atoms with van der Waals surface area (Å²) in [5, 5.41) is 8.11. The predicted molar refractivity (Wildman–Crippen MR) is 85.8 cm³/mol. The molecule has 0 bridgehead atoms. The number of nitrogens with one attached hydrogen (secondary N) is 1. The van der Waals surface area contributed by atoms with Crippen LogP contribution in [0.4, 0.5) is 5.82 Å². The number of aryl methyl sites for hydroxylation is 2. The Bertz CT molecular complexity index is 451. The summed E-state index contributed by atoms with van der Waals surface area (Å²) < 4.78 is 7.36. The summed E-state index contributed by atoms with van der Waals surface area (Å²) in [5.41, 5.74) is 2.39. The van der Waals surface area contributed by atoms with Crippen LogP contribution < -0.4 is 10.2 Å². The molecule has 1 unspecified atom stereocenters. The monoisotopic (exact) mass is 295 g/mol. The molecule has 1 N–H and O–H groups in total. The van der Waals surface area contributed by atoms with Crippen molar-refractivity contribution in [2.45, 2.75) is 26.4 Å². The summed E-state index contributed by atoms with van der Waals surface area (Å²) >= 11 is 0. The van der Waals surface area contributed by atoms with E-state index in [-0.39, 0.29) is 0 Å². The van der Waals surface area contributed by atoms with Crippen LogP contribution in [-0.2, 0) is 18.3 Å². The molecular weight excluding hydrogens is 266 g/mol. The van der Waals surface area contributed by atoms with Crippen LogP contribution >= 0.6 is 0 Å². The predicted octanol–water partition coefficient (Wildman–Crippen LogP) is 0.605. The van der Waals surface area contributed by atoms with Crippen LogP contribution in [-0.4, -0.2) is 67.7 Å². The number of ether oxygens (including phenoxy) is 1. The maximum Gasteiger partial charge on any atom is 0.130 e. The Morgan fingerprint density at radius 1 is 1.33 bits per heavy atom. The van der Waals surface area contributed by atoms with E-state index in [1.165, 1.54) is 11.4 Å². The van der Waals surface area contributed by atoms with Crippen LogP contribution in [0.25, 0.3) is 0 Å². The fourth-order valence-electron chi connectivity index (χ4n) is 3.01. The molecule has 0 spiro atoms. The molecule has 0 radical (unpaired) electrons. The van der Waals surface area contributed by atoms with Crippen LogP contribution in [0.5, 0.6) is 0 Å². The molecule has 6 heteroatoms. The van der Waals surface area contributed by atoms with Gasteiger partial charge in [-0.15, -0.1) is 0 Å². The van der Waals surface area contributed by atoms with Crippen molar-refractivity contribution in [2.75, 3.05) is 51.8 Å². The molecular formula is C15H29N5O. The van der Waals surface area contributed by atoms with Crippen molar-refractivity contribution in [1.29, 1.82) is 0 Å². The van der Waals surface area contributed by atoms with E-state index in [0.717, 1.165) is 45.1 Å². The molecule has 0 aliphatic carbocycles. The van der Waals surface area contributed by atoms with Gasteiger partial charge in [0.2, 0.25) is 0 Å². The van der Waals surface area contributed by atoms with Crippen LogP contribution in [0.3, 0.4) is 0 Å². The lowest BCUT2D eigenvalue weighted by atomic mass is 10.2. The average molecular weight is 295 g/mol. The molecule has 1 aliphatic rings. The molecule has 1 fully saturated rings. The number of hydrogen-bond donors (Lipinski definition) is 1. The van der Waals surface area contributed by atoms with Crippen molar-refractivity contribution in [3.8, 4) is 0 Å². The Morgan fingerprint density at radius 3 is 2.62 bits per heavy atom. The first-order chi connectivity index (χ1) is 10.0. The minimum atomic E-state index is 0.536. The Hall–Kier alpha value is -1.11. The van der Waals surface area contributed by atoms with Crippen molar-refractivity contribution in [2.24, 2.45) is 7.05 Å². The van der Waals surface area contributed by atoms with E-state index in [2.05, 4.69) is 48.2 Å². The van der Waals surface area contributed by atoms with Crippen LogP contribution in [0.15, 0.2) is 0 Å². The highest BCUT2D eigenvalue weighted by Gasteiger charge is 2.18. The van der Waals surface area contributed by atoms with E-state index in [0.29, 0.717) is 6.04 Å². The highest BCUT2D eigenvalue weighted by atomic mass is 16.5. The van der Waals surface area contributed by atoms with Crippen molar-refractivity contribution in [1.82, 2.24) is 20.0 Å². The fraction of sp³-hybridized carbons (Fsp3) is 0.800. The lowest BCUT2D eigenvalue weighted by Gasteiger charge is -2.32. The zero-order valence-corrected chi connectivity index (χ0v) is 14.0. The second kappa shape index (κ2) is 7.24. The van der Waals surface area contributed by atoms with E-state index >= 15 is 0 Å². The largest absolute Gasteiger partial charge is 0.379 e. The molecule has 0 saturated carbocycles. The topological polar surface area (TPSA) is 45.6 Å². The molecule has 6 nitrogen and oxygen atoms in total. The highest BCUT2D eigenvalue weighted by Crippen LogP contribution is 2.20. The van der Waals surface area contributed by atoms with Crippen LogP contribution in [0.2, 0.25) is 0 Å². The van der Waals surface area contributed by atoms with E-state index < -0.39 is 0 Å². The van der Waals surface area contributed by atoms with Crippen LogP contribution in [0.1, 0.15) is 18.2 Å². The van der Waals surface area contributed by atoms with Gasteiger partial charge < -0.3 is 15.0 Å². The lowest BCUT2D eigenvalue weighted by Crippen LogP contribution is -2.46. The van der Waals surface area contributed by atoms with Gasteiger partial charge in [-0.05, 0) is 13.8 Å². The van der Waals surface area contributed by atoms with Gasteiger partial charge in [-0.1, -0.05) is 0 Å². The zero-order chi connectivity index (χ0) is 15.4. The third kappa shape index (κ3) is 3.96. The highest BCUT2D eigenvalue weighted by molar-refractivity contribution is 5.48. The molecule has 21 heavy (non-hydrogen) atoms. The molecule has 1 aromatic rings. The number of nitrogens with zero attached hydrogens (tertiary/aromatic N) is 4. The summed E-state index contributed by atoms with van der Waals surface area (Å²) in [5.74, 6) is 1.18. The number of aromatic nitrogens is 2. The quantitative estimate of drug-likeness (QED) is 0.833. The van der Waals surface area contributed by atoms with Gasteiger partial charge in [-0.2, -0.15) is 5.10 Å². The Morgan fingerprint density at radius 2 is 2.00 bits per heavy atom. The molecule has 1 aromatic heterocycles. The normalized spacial score (nSPS) is 18.0. The maximum absolute atomic E-state index is 5.41. The third-order valence-electron chi connectivity index (χ3n) is 4.15. The number of anilines is 1. The van der Waals surface area contributed by atoms with E-state index in [9.17, 15) is 0 Å². The van der Waals surface area contributed by atoms with Crippen LogP contribution in [0, 0.1) is 6.92 Å². The Balaban J connectivity index is 1.88. The summed E-state index contributed by atoms with van der Waals surface area (Å²) in [4.78, 5) is 4.61. The third-order valence-corrected chi connectivity index (χ3v) is 4.15. The van der Waals surface area contributed by atoms with Gasteiger partial charge in [-0.25, -0.2) is 0 Å². The van der Waals surface area contributed by atoms with Crippen molar-refractivity contribution < 1.29 is 4.74 Å². The van der Waals surface area contributed by atoms with Gasteiger partial charge in [0.15, 0.2) is 0 Å². The van der Waals surface area contributed by atoms with Gasteiger partial charge in [0, 0.05) is 58.9 Å². The maximum atomic E-state index is 5.41. The fourth-order valence-corrected chi connectivity index (χ4v) is 3.01. The second-order valence-corrected chi connectivity index (χ2v) is 6.03. The first kappa shape index (κ1) is 16.3. The second-order valence-electron chi connectivity index (χ2n) is 6.03. The Labute approximate surface area is 128 Å². The van der Waals surface area contributed by atoms with E-state index in [4.69, 9.17) is 4.74 Å². The lowest BCUT2D eigenvalue weighted by molar-refractivity contribution is 0.0203. The van der Waals surface area contributed by atoms with Gasteiger partial charge in [0.1, 0.15) is 5.82 Å². The molecule has 1 atom stereocenters. The van der Waals surface area contributed by atoms with Gasteiger partial charge >= 0.3 is 0 Å². The SMILES string of the molecule is Cc1nn(C)c(N(C)C)c1CNCC(C)N1CCOCC1. The average Bonchev–Trinajstić information content (AvgIpc) is 2.74. The number of hydrogen-bond acceptors (Lipinski definition) is 5. The standard InChI is InChI=1S/C15H29N5O/c1-12(20-6-8-21-9-7-20)10-16-11-14-13(2)17-19(5)15(14)18(3)4/h12,16H,6-11H2,1-5H3. The summed E-state index contributed by atoms with van der Waals surface area (Å²) in [6, 6.07) is 0.536. The molecule has 120 valence electrons. The minimum Gasteiger partial charge on any atom is -0.379 e. The van der Waals surface area contributed by atoms with Gasteiger partial charge in [-0.3, -0.25) is 9.58 Å². The molecule has 2 heterocycles. The van der Waals surface area contributed by atoms with E-state index in [1.807, 2.05) is 11.7 Å². The van der Waals surface area contributed by atoms with Crippen molar-refractivity contribution in [3.05, 3.63) is 11.3 Å². The smallest absolute Gasteiger partial charge is 0.130 e. The minimum absolute atomic E-state index is 0.536. The molecule has 1 aliphatic heterocycles. The van der Waals surface area contributed by atoms with Gasteiger partial charge in [0.25, 0.3) is 0 Å². The van der Waals surface area contributed by atoms with E-state index in [1.54, 1.807) is 0 Å². The molecule has 2 rings (SSSR count). The van der Waals surface area contributed by atoms with Crippen molar-refractivity contribution >= 4 is 5.82 Å². The first-order valence-electron chi connectivity index (χ1n) is 7.73. The van der Waals surface area contributed by atoms with Gasteiger partial charge in [0.05, 0.1) is 18.9 Å². The summed E-state index contributed by atoms with van der Waals surface area (Å²) in [6.07, 6.45) is 0. The molecule has 1 saturated heterocycles. The van der Waals surface area contributed by atoms with Crippen molar-refractivity contribution in [3.63, 3.8) is 0 Å². The molecule has 0 amide bonds. The Kier molecular flexibility index (Phi) is 5.61. The summed E-state index contributed by atoms with van der Waals surface area (Å²) in [7, 11) is 6.13. The summed E-state index contributed by atoms with van der Waals surface area (Å²) in [6.45, 7) is 10.0. The number of morpholine rings is 1.